The smallest absolute Gasteiger partial charge is 0.313 e. The molecular weight excluding hydrogens is 132 g/mol. The van der Waals surface area contributed by atoms with Gasteiger partial charge in [0.15, 0.2) is 0 Å². The molecule has 4 nitrogen and oxygen atoms in total. The fourth-order valence-corrected chi connectivity index (χ4v) is 0.529. The first-order valence-electron chi connectivity index (χ1n) is 2.49. The number of hydrogen-bond acceptors (Lipinski definition) is 2. The van der Waals surface area contributed by atoms with Gasteiger partial charge in [-0.15, -0.1) is 0 Å². The van der Waals surface area contributed by atoms with Crippen LogP contribution in [0.25, 0.3) is 0 Å². The van der Waals surface area contributed by atoms with Gasteiger partial charge in [-0.1, -0.05) is 0 Å². The summed E-state index contributed by atoms with van der Waals surface area (Å²) in [6.45, 7) is 0. The van der Waals surface area contributed by atoms with Crippen molar-refractivity contribution in [1.29, 1.82) is 0 Å². The quantitative estimate of drug-likeness (QED) is 0.460. The molecule has 0 atom stereocenters. The highest BCUT2D eigenvalue weighted by atomic mass is 16.2. The van der Waals surface area contributed by atoms with E-state index in [2.05, 4.69) is 4.98 Å². The van der Waals surface area contributed by atoms with E-state index in [1.807, 2.05) is 0 Å². The van der Waals surface area contributed by atoms with Crippen molar-refractivity contribution in [2.24, 2.45) is 0 Å². The third-order valence-electron chi connectivity index (χ3n) is 0.968. The van der Waals surface area contributed by atoms with Crippen molar-refractivity contribution in [3.05, 3.63) is 39.5 Å². The molecule has 0 amide bonds. The van der Waals surface area contributed by atoms with Gasteiger partial charge in [0.1, 0.15) is 0 Å². The Bertz CT molecular complexity index is 351. The van der Waals surface area contributed by atoms with Gasteiger partial charge < -0.3 is 4.98 Å². The van der Waals surface area contributed by atoms with Gasteiger partial charge in [-0.3, -0.25) is 4.79 Å². The van der Waals surface area contributed by atoms with E-state index in [4.69, 9.17) is 6.42 Å². The summed E-state index contributed by atoms with van der Waals surface area (Å²) in [7, 11) is 0. The van der Waals surface area contributed by atoms with Gasteiger partial charge in [-0.2, -0.15) is 4.57 Å². The zero-order valence-corrected chi connectivity index (χ0v) is 4.92. The Balaban J connectivity index is 3.67. The molecule has 0 aliphatic heterocycles. The summed E-state index contributed by atoms with van der Waals surface area (Å²) >= 11 is 0. The van der Waals surface area contributed by atoms with Gasteiger partial charge in [0.05, 0.1) is 0 Å². The fraction of sp³-hybridized carbons (Fsp3) is 0. The van der Waals surface area contributed by atoms with E-state index in [0.717, 1.165) is 6.07 Å². The molecule has 0 saturated heterocycles. The average molecular weight is 135 g/mol. The van der Waals surface area contributed by atoms with Gasteiger partial charge in [-0.05, 0) is 0 Å². The summed E-state index contributed by atoms with van der Waals surface area (Å²) in [5, 5.41) is 0. The number of rotatable bonds is 0. The van der Waals surface area contributed by atoms with E-state index in [1.54, 1.807) is 6.04 Å². The molecule has 1 aromatic heterocycles. The standard InChI is InChI=1S/C6H3N2O2/c1-2-8-5(9)3-4-7-6(8)10/h3-4H,(H,7,10). The highest BCUT2D eigenvalue weighted by molar-refractivity contribution is 4.92. The minimum Gasteiger partial charge on any atom is -0.313 e. The van der Waals surface area contributed by atoms with Crippen molar-refractivity contribution in [1.82, 2.24) is 9.55 Å². The Morgan fingerprint density at radius 1 is 1.60 bits per heavy atom. The molecule has 4 heteroatoms. The second-order valence-corrected chi connectivity index (χ2v) is 1.57. The van der Waals surface area contributed by atoms with Crippen molar-refractivity contribution in [2.45, 2.75) is 0 Å². The zero-order valence-electron chi connectivity index (χ0n) is 4.92. The van der Waals surface area contributed by atoms with E-state index in [9.17, 15) is 9.59 Å². The minimum absolute atomic E-state index is 0.542. The summed E-state index contributed by atoms with van der Waals surface area (Å²) < 4.78 is 0.542. The Kier molecular flexibility index (Phi) is 1.42. The monoisotopic (exact) mass is 135 g/mol. The molecule has 1 aromatic rings. The molecule has 0 aromatic carbocycles. The van der Waals surface area contributed by atoms with Crippen LogP contribution in [0, 0.1) is 12.5 Å². The maximum atomic E-state index is 10.6. The molecule has 0 spiro atoms. The van der Waals surface area contributed by atoms with Gasteiger partial charge in [0.2, 0.25) is 0 Å². The summed E-state index contributed by atoms with van der Waals surface area (Å²) in [5.74, 6) is 0. The van der Waals surface area contributed by atoms with Crippen LogP contribution in [0.2, 0.25) is 0 Å². The molecule has 0 unspecified atom stereocenters. The summed E-state index contributed by atoms with van der Waals surface area (Å²) in [6.07, 6.45) is 7.74. The lowest BCUT2D eigenvalue weighted by Crippen LogP contribution is -2.30. The van der Waals surface area contributed by atoms with Crippen molar-refractivity contribution in [3.8, 4) is 6.04 Å². The van der Waals surface area contributed by atoms with Crippen LogP contribution in [0.3, 0.4) is 0 Å². The van der Waals surface area contributed by atoms with Gasteiger partial charge in [0.25, 0.3) is 5.56 Å². The number of nitrogens with zero attached hydrogens (tertiary/aromatic N) is 1. The molecule has 0 aliphatic rings. The van der Waals surface area contributed by atoms with Crippen LogP contribution in [0.4, 0.5) is 0 Å². The molecule has 1 heterocycles. The average Bonchev–Trinajstić information content (AvgIpc) is 1.88. The number of H-pyrrole nitrogens is 1. The van der Waals surface area contributed by atoms with Crippen LogP contribution in [0.1, 0.15) is 0 Å². The zero-order chi connectivity index (χ0) is 7.56. The van der Waals surface area contributed by atoms with E-state index < -0.39 is 11.2 Å². The van der Waals surface area contributed by atoms with Crippen molar-refractivity contribution < 1.29 is 0 Å². The SMILES string of the molecule is [C]#Cn1c(=O)cc[nH]c1=O. The topological polar surface area (TPSA) is 54.9 Å². The summed E-state index contributed by atoms with van der Waals surface area (Å²) in [4.78, 5) is 23.4. The molecule has 0 bridgehead atoms. The van der Waals surface area contributed by atoms with E-state index in [0.29, 0.717) is 4.57 Å². The van der Waals surface area contributed by atoms with Crippen LogP contribution in [-0.4, -0.2) is 9.55 Å². The van der Waals surface area contributed by atoms with E-state index in [1.165, 1.54) is 6.20 Å². The maximum absolute atomic E-state index is 10.6. The van der Waals surface area contributed by atoms with Crippen molar-refractivity contribution >= 4 is 0 Å². The Morgan fingerprint density at radius 2 is 2.30 bits per heavy atom. The maximum Gasteiger partial charge on any atom is 0.340 e. The van der Waals surface area contributed by atoms with Crippen LogP contribution in [0.5, 0.6) is 0 Å². The second kappa shape index (κ2) is 2.23. The lowest BCUT2D eigenvalue weighted by Gasteiger charge is -1.87. The molecule has 49 valence electrons. The van der Waals surface area contributed by atoms with Crippen LogP contribution in [0.15, 0.2) is 21.9 Å². The first-order chi connectivity index (χ1) is 4.75. The van der Waals surface area contributed by atoms with Crippen LogP contribution >= 0.6 is 0 Å². The predicted molar refractivity (Wildman–Crippen MR) is 33.9 cm³/mol. The molecule has 1 radical (unpaired) electrons. The van der Waals surface area contributed by atoms with Crippen LogP contribution < -0.4 is 11.2 Å². The lowest BCUT2D eigenvalue weighted by molar-refractivity contribution is 0.905. The van der Waals surface area contributed by atoms with E-state index in [-0.39, 0.29) is 0 Å². The van der Waals surface area contributed by atoms with Gasteiger partial charge in [0, 0.05) is 24.7 Å². The first kappa shape index (κ1) is 6.36. The highest BCUT2D eigenvalue weighted by Crippen LogP contribution is 1.60. The minimum atomic E-state index is -0.650. The first-order valence-corrected chi connectivity index (χ1v) is 2.49. The number of aromatic amines is 1. The number of hydrogen-bond donors (Lipinski definition) is 1. The summed E-state index contributed by atoms with van der Waals surface area (Å²) in [5.41, 5.74) is -1.21. The largest absolute Gasteiger partial charge is 0.340 e. The Morgan fingerprint density at radius 3 is 2.70 bits per heavy atom. The fourth-order valence-electron chi connectivity index (χ4n) is 0.529. The molecular formula is C6H3N2O2. The molecule has 10 heavy (non-hydrogen) atoms. The third kappa shape index (κ3) is 0.845. The lowest BCUT2D eigenvalue weighted by atomic mass is 10.6. The second-order valence-electron chi connectivity index (χ2n) is 1.57. The Labute approximate surface area is 56.1 Å². The molecule has 0 aliphatic carbocycles. The Hall–Kier alpha value is -1.76. The van der Waals surface area contributed by atoms with Crippen molar-refractivity contribution in [2.75, 3.05) is 0 Å². The van der Waals surface area contributed by atoms with Crippen molar-refractivity contribution in [3.63, 3.8) is 0 Å². The van der Waals surface area contributed by atoms with Crippen LogP contribution in [-0.2, 0) is 0 Å². The third-order valence-corrected chi connectivity index (χ3v) is 0.968. The van der Waals surface area contributed by atoms with E-state index >= 15 is 0 Å². The summed E-state index contributed by atoms with van der Waals surface area (Å²) in [6, 6.07) is 2.82. The van der Waals surface area contributed by atoms with Gasteiger partial charge >= 0.3 is 5.69 Å². The highest BCUT2D eigenvalue weighted by Gasteiger charge is 1.92. The number of nitrogens with one attached hydrogen (secondary N) is 1. The predicted octanol–water partition coefficient (Wildman–Crippen LogP) is -1.07. The molecule has 1 rings (SSSR count). The molecule has 0 saturated carbocycles. The number of aromatic nitrogens is 2. The molecule has 0 fully saturated rings. The van der Waals surface area contributed by atoms with Gasteiger partial charge in [-0.25, -0.2) is 4.79 Å². The normalized spacial score (nSPS) is 8.70. The molecule has 1 N–H and O–H groups in total.